The van der Waals surface area contributed by atoms with E-state index in [1.165, 1.54) is 29.7 Å². The fourth-order valence-electron chi connectivity index (χ4n) is 2.22. The molecule has 0 aliphatic heterocycles. The summed E-state index contributed by atoms with van der Waals surface area (Å²) >= 11 is 0. The van der Waals surface area contributed by atoms with Gasteiger partial charge in [0.25, 0.3) is 5.91 Å². The van der Waals surface area contributed by atoms with E-state index in [1.807, 2.05) is 0 Å². The third-order valence-electron chi connectivity index (χ3n) is 3.56. The molecule has 3 N–H and O–H groups in total. The number of halogens is 3. The van der Waals surface area contributed by atoms with Crippen LogP contribution in [0.4, 0.5) is 13.2 Å². The Kier molecular flexibility index (Phi) is 5.76. The number of carbonyl (C=O) groups excluding carboxylic acids is 2. The Morgan fingerprint density at radius 2 is 1.60 bits per heavy atom. The van der Waals surface area contributed by atoms with Gasteiger partial charge in [-0.2, -0.15) is 0 Å². The minimum Gasteiger partial charge on any atom is -0.340 e. The molecule has 1 atom stereocenters. The van der Waals surface area contributed by atoms with Crippen molar-refractivity contribution in [3.63, 3.8) is 0 Å². The van der Waals surface area contributed by atoms with Crippen LogP contribution < -0.4 is 10.8 Å². The topological polar surface area (TPSA) is 78.4 Å². The second kappa shape index (κ2) is 7.80. The smallest absolute Gasteiger partial charge is 0.270 e. The maximum Gasteiger partial charge on any atom is 0.270 e. The van der Waals surface area contributed by atoms with Gasteiger partial charge in [-0.25, -0.2) is 18.7 Å². The molecule has 2 rings (SSSR count). The molecule has 0 aliphatic rings. The molecule has 2 amide bonds. The van der Waals surface area contributed by atoms with Crippen LogP contribution in [0.2, 0.25) is 0 Å². The van der Waals surface area contributed by atoms with Crippen LogP contribution in [-0.4, -0.2) is 17.0 Å². The summed E-state index contributed by atoms with van der Waals surface area (Å²) in [5.74, 6) is -5.42. The number of benzene rings is 2. The minimum atomic E-state index is -1.55. The van der Waals surface area contributed by atoms with Gasteiger partial charge in [-0.15, -0.1) is 0 Å². The SMILES string of the molecule is CCC(=O)NC(C(=O)NO)c1ccc(-c2cc(F)c(F)c(F)c2)cc1. The summed E-state index contributed by atoms with van der Waals surface area (Å²) in [4.78, 5) is 23.2. The van der Waals surface area contributed by atoms with Crippen LogP contribution in [0, 0.1) is 17.5 Å². The van der Waals surface area contributed by atoms with E-state index in [4.69, 9.17) is 5.21 Å². The molecule has 5 nitrogen and oxygen atoms in total. The van der Waals surface area contributed by atoms with E-state index in [9.17, 15) is 22.8 Å². The summed E-state index contributed by atoms with van der Waals surface area (Å²) in [5.41, 5.74) is 2.31. The normalized spacial score (nSPS) is 11.7. The maximum absolute atomic E-state index is 13.3. The van der Waals surface area contributed by atoms with E-state index in [-0.39, 0.29) is 12.0 Å². The predicted octanol–water partition coefficient (Wildman–Crippen LogP) is 2.84. The highest BCUT2D eigenvalue weighted by molar-refractivity contribution is 5.88. The van der Waals surface area contributed by atoms with Crippen molar-refractivity contribution in [2.45, 2.75) is 19.4 Å². The Bertz CT molecular complexity index is 771. The van der Waals surface area contributed by atoms with Crippen LogP contribution in [0.5, 0.6) is 0 Å². The van der Waals surface area contributed by atoms with Gasteiger partial charge in [-0.3, -0.25) is 14.8 Å². The van der Waals surface area contributed by atoms with Crippen molar-refractivity contribution in [2.75, 3.05) is 0 Å². The molecular formula is C17H15F3N2O3. The minimum absolute atomic E-state index is 0.115. The first kappa shape index (κ1) is 18.5. The van der Waals surface area contributed by atoms with Gasteiger partial charge in [0, 0.05) is 6.42 Å². The number of hydrogen-bond acceptors (Lipinski definition) is 3. The lowest BCUT2D eigenvalue weighted by Gasteiger charge is -2.17. The average Bonchev–Trinajstić information content (AvgIpc) is 2.63. The zero-order valence-corrected chi connectivity index (χ0v) is 13.1. The largest absolute Gasteiger partial charge is 0.340 e. The molecule has 0 bridgehead atoms. The zero-order valence-electron chi connectivity index (χ0n) is 13.1. The molecule has 25 heavy (non-hydrogen) atoms. The van der Waals surface area contributed by atoms with Crippen molar-refractivity contribution >= 4 is 11.8 Å². The molecule has 2 aromatic rings. The summed E-state index contributed by atoms with van der Waals surface area (Å²) in [5, 5.41) is 11.2. The Balaban J connectivity index is 2.34. The molecule has 0 saturated carbocycles. The van der Waals surface area contributed by atoms with Crippen LogP contribution in [0.3, 0.4) is 0 Å². The van der Waals surface area contributed by atoms with Crippen LogP contribution in [-0.2, 0) is 9.59 Å². The van der Waals surface area contributed by atoms with E-state index >= 15 is 0 Å². The first-order chi connectivity index (χ1) is 11.9. The van der Waals surface area contributed by atoms with Gasteiger partial charge in [-0.05, 0) is 28.8 Å². The highest BCUT2D eigenvalue weighted by atomic mass is 19.2. The second-order valence-electron chi connectivity index (χ2n) is 5.21. The van der Waals surface area contributed by atoms with Crippen molar-refractivity contribution in [3.8, 4) is 11.1 Å². The van der Waals surface area contributed by atoms with E-state index in [0.29, 0.717) is 11.1 Å². The third-order valence-corrected chi connectivity index (χ3v) is 3.56. The Hall–Kier alpha value is -2.87. The molecule has 2 aromatic carbocycles. The quantitative estimate of drug-likeness (QED) is 0.440. The van der Waals surface area contributed by atoms with Crippen LogP contribution in [0.25, 0.3) is 11.1 Å². The highest BCUT2D eigenvalue weighted by Crippen LogP contribution is 2.25. The van der Waals surface area contributed by atoms with Crippen LogP contribution >= 0.6 is 0 Å². The third kappa shape index (κ3) is 4.16. The number of amides is 2. The lowest BCUT2D eigenvalue weighted by atomic mass is 10.00. The van der Waals surface area contributed by atoms with Gasteiger partial charge >= 0.3 is 0 Å². The highest BCUT2D eigenvalue weighted by Gasteiger charge is 2.22. The first-order valence-corrected chi connectivity index (χ1v) is 7.35. The van der Waals surface area contributed by atoms with Gasteiger partial charge in [0.15, 0.2) is 17.5 Å². The van der Waals surface area contributed by atoms with Crippen molar-refractivity contribution in [3.05, 3.63) is 59.4 Å². The number of hydroxylamine groups is 1. The lowest BCUT2D eigenvalue weighted by molar-refractivity contribution is -0.134. The van der Waals surface area contributed by atoms with Gasteiger partial charge in [-0.1, -0.05) is 31.2 Å². The maximum atomic E-state index is 13.3. The second-order valence-corrected chi connectivity index (χ2v) is 5.21. The Labute approximate surface area is 141 Å². The molecule has 132 valence electrons. The molecule has 1 unspecified atom stereocenters. The first-order valence-electron chi connectivity index (χ1n) is 7.35. The van der Waals surface area contributed by atoms with E-state index in [2.05, 4.69) is 5.32 Å². The van der Waals surface area contributed by atoms with Gasteiger partial charge < -0.3 is 5.32 Å². The van der Waals surface area contributed by atoms with Gasteiger partial charge in [0.05, 0.1) is 0 Å². The summed E-state index contributed by atoms with van der Waals surface area (Å²) < 4.78 is 39.7. The monoisotopic (exact) mass is 352 g/mol. The van der Waals surface area contributed by atoms with Crippen LogP contribution in [0.15, 0.2) is 36.4 Å². The standard InChI is InChI=1S/C17H15F3N2O3/c1-2-14(23)21-16(17(24)22-25)10-5-3-9(4-6-10)11-7-12(18)15(20)13(19)8-11/h3-8,16,25H,2H2,1H3,(H,21,23)(H,22,24). The summed E-state index contributed by atoms with van der Waals surface area (Å²) in [6.45, 7) is 1.60. The zero-order chi connectivity index (χ0) is 18.6. The molecule has 0 saturated heterocycles. The number of rotatable bonds is 5. The molecule has 0 spiro atoms. The molecular weight excluding hydrogens is 337 g/mol. The van der Waals surface area contributed by atoms with E-state index < -0.39 is 35.3 Å². The van der Waals surface area contributed by atoms with Crippen molar-refractivity contribution in [1.82, 2.24) is 10.8 Å². The van der Waals surface area contributed by atoms with Gasteiger partial charge in [0.1, 0.15) is 6.04 Å². The Morgan fingerprint density at radius 3 is 2.08 bits per heavy atom. The molecule has 0 aromatic heterocycles. The molecule has 0 aliphatic carbocycles. The number of carbonyl (C=O) groups is 2. The molecule has 8 heteroatoms. The fraction of sp³-hybridized carbons (Fsp3) is 0.176. The van der Waals surface area contributed by atoms with Crippen molar-refractivity contribution in [2.24, 2.45) is 0 Å². The van der Waals surface area contributed by atoms with Crippen molar-refractivity contribution < 1.29 is 28.0 Å². The number of nitrogens with one attached hydrogen (secondary N) is 2. The van der Waals surface area contributed by atoms with Gasteiger partial charge in [0.2, 0.25) is 5.91 Å². The summed E-state index contributed by atoms with van der Waals surface area (Å²) in [6.07, 6.45) is 0.140. The van der Waals surface area contributed by atoms with E-state index in [0.717, 1.165) is 12.1 Å². The lowest BCUT2D eigenvalue weighted by Crippen LogP contribution is -2.38. The molecule has 0 radical (unpaired) electrons. The van der Waals surface area contributed by atoms with Crippen LogP contribution in [0.1, 0.15) is 24.9 Å². The van der Waals surface area contributed by atoms with E-state index in [1.54, 1.807) is 6.92 Å². The Morgan fingerprint density at radius 1 is 1.04 bits per heavy atom. The fourth-order valence-corrected chi connectivity index (χ4v) is 2.22. The summed E-state index contributed by atoms with van der Waals surface area (Å²) in [7, 11) is 0. The molecule has 0 fully saturated rings. The molecule has 0 heterocycles. The predicted molar refractivity (Wildman–Crippen MR) is 82.9 cm³/mol. The summed E-state index contributed by atoms with van der Waals surface area (Å²) in [6, 6.07) is 6.38. The van der Waals surface area contributed by atoms with Crippen molar-refractivity contribution in [1.29, 1.82) is 0 Å². The average molecular weight is 352 g/mol. The number of hydrogen-bond donors (Lipinski definition) is 3.